The number of morpholine rings is 1. The predicted molar refractivity (Wildman–Crippen MR) is 76.3 cm³/mol. The molecular weight excluding hydrogens is 272 g/mol. The van der Waals surface area contributed by atoms with Crippen LogP contribution in [0.4, 0.5) is 5.69 Å². The molecule has 0 saturated carbocycles. The summed E-state index contributed by atoms with van der Waals surface area (Å²) in [5.74, 6) is 0.517. The maximum Gasteiger partial charge on any atom is 0.242 e. The first-order valence-corrected chi connectivity index (χ1v) is 7.13. The minimum atomic E-state index is -0.0819. The molecule has 0 aliphatic carbocycles. The first-order chi connectivity index (χ1) is 10.3. The van der Waals surface area contributed by atoms with Gasteiger partial charge in [0.1, 0.15) is 12.3 Å². The fraction of sp³-hybridized carbons (Fsp3) is 0.467. The van der Waals surface area contributed by atoms with E-state index in [9.17, 15) is 9.59 Å². The number of hydrogen-bond donors (Lipinski definition) is 0. The lowest BCUT2D eigenvalue weighted by molar-refractivity contribution is -0.135. The minimum Gasteiger partial charge on any atom is -0.491 e. The van der Waals surface area contributed by atoms with Gasteiger partial charge in [0, 0.05) is 13.1 Å². The molecule has 1 aromatic carbocycles. The topological polar surface area (TPSA) is 59.1 Å². The van der Waals surface area contributed by atoms with Gasteiger partial charge < -0.3 is 14.4 Å². The Morgan fingerprint density at radius 3 is 2.71 bits per heavy atom. The fourth-order valence-electron chi connectivity index (χ4n) is 2.54. The number of fused-ring (bicyclic) bond motifs is 1. The lowest BCUT2D eigenvalue weighted by atomic mass is 10.2. The Bertz CT molecular complexity index is 540. The van der Waals surface area contributed by atoms with Gasteiger partial charge in [-0.3, -0.25) is 14.5 Å². The van der Waals surface area contributed by atoms with Gasteiger partial charge in [0.15, 0.2) is 0 Å². The summed E-state index contributed by atoms with van der Waals surface area (Å²) in [5, 5.41) is 0. The van der Waals surface area contributed by atoms with Crippen LogP contribution in [0, 0.1) is 0 Å². The summed E-state index contributed by atoms with van der Waals surface area (Å²) in [4.78, 5) is 27.9. The van der Waals surface area contributed by atoms with Gasteiger partial charge in [-0.1, -0.05) is 12.1 Å². The molecular formula is C15H18N2O4. The number of amides is 2. The Labute approximate surface area is 123 Å². The van der Waals surface area contributed by atoms with Crippen molar-refractivity contribution in [3.63, 3.8) is 0 Å². The van der Waals surface area contributed by atoms with Crippen molar-refractivity contribution in [3.05, 3.63) is 24.3 Å². The molecule has 0 aromatic heterocycles. The van der Waals surface area contributed by atoms with Crippen LogP contribution in [0.15, 0.2) is 24.3 Å². The van der Waals surface area contributed by atoms with E-state index in [1.165, 1.54) is 4.90 Å². The molecule has 1 aromatic rings. The van der Waals surface area contributed by atoms with Gasteiger partial charge in [0.05, 0.1) is 31.9 Å². The molecule has 1 saturated heterocycles. The van der Waals surface area contributed by atoms with Crippen LogP contribution in [0.3, 0.4) is 0 Å². The Morgan fingerprint density at radius 1 is 1.14 bits per heavy atom. The number of hydrogen-bond acceptors (Lipinski definition) is 4. The first kappa shape index (κ1) is 13.9. The molecule has 112 valence electrons. The van der Waals surface area contributed by atoms with Crippen LogP contribution >= 0.6 is 0 Å². The molecule has 6 heteroatoms. The van der Waals surface area contributed by atoms with Crippen LogP contribution in [0.25, 0.3) is 0 Å². The molecule has 6 nitrogen and oxygen atoms in total. The van der Waals surface area contributed by atoms with Crippen molar-refractivity contribution in [2.24, 2.45) is 0 Å². The standard InChI is InChI=1S/C15H18N2O4/c18-14-5-8-21-13-4-2-1-3-12(13)17(14)11-15(19)16-6-9-20-10-7-16/h1-4H,5-11H2. The summed E-state index contributed by atoms with van der Waals surface area (Å²) in [6, 6.07) is 7.33. The Hall–Kier alpha value is -2.08. The van der Waals surface area contributed by atoms with E-state index in [0.717, 1.165) is 0 Å². The highest BCUT2D eigenvalue weighted by Crippen LogP contribution is 2.30. The molecule has 2 heterocycles. The van der Waals surface area contributed by atoms with Crippen LogP contribution in [0.1, 0.15) is 6.42 Å². The molecule has 0 unspecified atom stereocenters. The number of para-hydroxylation sites is 2. The normalized spacial score (nSPS) is 18.8. The van der Waals surface area contributed by atoms with Crippen LogP contribution in [0.2, 0.25) is 0 Å². The van der Waals surface area contributed by atoms with Crippen molar-refractivity contribution in [2.75, 3.05) is 44.4 Å². The van der Waals surface area contributed by atoms with E-state index in [4.69, 9.17) is 9.47 Å². The molecule has 1 fully saturated rings. The van der Waals surface area contributed by atoms with E-state index in [-0.39, 0.29) is 24.8 Å². The van der Waals surface area contributed by atoms with Gasteiger partial charge in [0.25, 0.3) is 0 Å². The minimum absolute atomic E-state index is 0.0525. The highest BCUT2D eigenvalue weighted by atomic mass is 16.5. The van der Waals surface area contributed by atoms with E-state index in [1.54, 1.807) is 4.90 Å². The maximum absolute atomic E-state index is 12.4. The highest BCUT2D eigenvalue weighted by Gasteiger charge is 2.27. The number of rotatable bonds is 2. The van der Waals surface area contributed by atoms with Gasteiger partial charge in [-0.25, -0.2) is 0 Å². The number of carbonyl (C=O) groups excluding carboxylic acids is 2. The second-order valence-electron chi connectivity index (χ2n) is 5.04. The maximum atomic E-state index is 12.4. The molecule has 0 bridgehead atoms. The summed E-state index contributed by atoms with van der Waals surface area (Å²) in [6.45, 7) is 2.67. The summed E-state index contributed by atoms with van der Waals surface area (Å²) >= 11 is 0. The zero-order chi connectivity index (χ0) is 14.7. The monoisotopic (exact) mass is 290 g/mol. The first-order valence-electron chi connectivity index (χ1n) is 7.13. The van der Waals surface area contributed by atoms with Gasteiger partial charge in [0.2, 0.25) is 11.8 Å². The van der Waals surface area contributed by atoms with Crippen LogP contribution in [-0.4, -0.2) is 56.2 Å². The third kappa shape index (κ3) is 3.00. The average Bonchev–Trinajstić information content (AvgIpc) is 2.68. The Morgan fingerprint density at radius 2 is 1.90 bits per heavy atom. The van der Waals surface area contributed by atoms with Crippen LogP contribution in [0.5, 0.6) is 5.75 Å². The predicted octanol–water partition coefficient (Wildman–Crippen LogP) is 0.661. The quantitative estimate of drug-likeness (QED) is 0.803. The zero-order valence-electron chi connectivity index (χ0n) is 11.8. The summed E-state index contributed by atoms with van der Waals surface area (Å²) < 4.78 is 10.8. The number of anilines is 1. The van der Waals surface area contributed by atoms with Crippen molar-refractivity contribution in [1.29, 1.82) is 0 Å². The molecule has 2 amide bonds. The Kier molecular flexibility index (Phi) is 4.06. The smallest absolute Gasteiger partial charge is 0.242 e. The molecule has 0 radical (unpaired) electrons. The molecule has 0 spiro atoms. The second kappa shape index (κ2) is 6.13. The largest absolute Gasteiger partial charge is 0.491 e. The second-order valence-corrected chi connectivity index (χ2v) is 5.04. The van der Waals surface area contributed by atoms with Crippen LogP contribution in [-0.2, 0) is 14.3 Å². The SMILES string of the molecule is O=C(CN1C(=O)CCOc2ccccc21)N1CCOCC1. The van der Waals surface area contributed by atoms with Gasteiger partial charge in [-0.2, -0.15) is 0 Å². The van der Waals surface area contributed by atoms with Crippen molar-refractivity contribution in [3.8, 4) is 5.75 Å². The molecule has 0 N–H and O–H groups in total. The molecule has 2 aliphatic heterocycles. The number of ether oxygens (including phenoxy) is 2. The van der Waals surface area contributed by atoms with Crippen molar-refractivity contribution >= 4 is 17.5 Å². The highest BCUT2D eigenvalue weighted by molar-refractivity contribution is 6.00. The van der Waals surface area contributed by atoms with Crippen molar-refractivity contribution < 1.29 is 19.1 Å². The van der Waals surface area contributed by atoms with Gasteiger partial charge >= 0.3 is 0 Å². The summed E-state index contributed by atoms with van der Waals surface area (Å²) in [7, 11) is 0. The lowest BCUT2D eigenvalue weighted by Crippen LogP contribution is -2.47. The van der Waals surface area contributed by atoms with E-state index in [1.807, 2.05) is 24.3 Å². The van der Waals surface area contributed by atoms with Gasteiger partial charge in [-0.05, 0) is 12.1 Å². The van der Waals surface area contributed by atoms with Crippen LogP contribution < -0.4 is 9.64 Å². The van der Waals surface area contributed by atoms with Gasteiger partial charge in [-0.15, -0.1) is 0 Å². The fourth-order valence-corrected chi connectivity index (χ4v) is 2.54. The molecule has 21 heavy (non-hydrogen) atoms. The van der Waals surface area contributed by atoms with E-state index in [2.05, 4.69) is 0 Å². The van der Waals surface area contributed by atoms with Crippen molar-refractivity contribution in [1.82, 2.24) is 4.90 Å². The summed E-state index contributed by atoms with van der Waals surface area (Å²) in [5.41, 5.74) is 0.668. The number of nitrogens with zero attached hydrogens (tertiary/aromatic N) is 2. The third-order valence-corrected chi connectivity index (χ3v) is 3.69. The van der Waals surface area contributed by atoms with Crippen molar-refractivity contribution in [2.45, 2.75) is 6.42 Å². The molecule has 0 atom stereocenters. The summed E-state index contributed by atoms with van der Waals surface area (Å²) in [6.07, 6.45) is 0.283. The average molecular weight is 290 g/mol. The lowest BCUT2D eigenvalue weighted by Gasteiger charge is -2.29. The zero-order valence-corrected chi connectivity index (χ0v) is 11.8. The van der Waals surface area contributed by atoms with E-state index < -0.39 is 0 Å². The Balaban J connectivity index is 1.79. The number of benzene rings is 1. The molecule has 3 rings (SSSR count). The van der Waals surface area contributed by atoms with E-state index in [0.29, 0.717) is 44.3 Å². The van der Waals surface area contributed by atoms with E-state index >= 15 is 0 Å². The number of carbonyl (C=O) groups is 2. The third-order valence-electron chi connectivity index (χ3n) is 3.69. The molecule has 2 aliphatic rings.